The van der Waals surface area contributed by atoms with Crippen molar-refractivity contribution in [2.45, 2.75) is 25.4 Å². The summed E-state index contributed by atoms with van der Waals surface area (Å²) in [6, 6.07) is 8.15. The minimum absolute atomic E-state index is 0.0806. The fourth-order valence-electron chi connectivity index (χ4n) is 1.99. The maximum atomic E-state index is 11.7. The Bertz CT molecular complexity index is 503. The van der Waals surface area contributed by atoms with Crippen LogP contribution in [0.1, 0.15) is 18.4 Å². The van der Waals surface area contributed by atoms with Gasteiger partial charge in [-0.15, -0.1) is 6.42 Å². The van der Waals surface area contributed by atoms with Gasteiger partial charge in [0.15, 0.2) is 0 Å². The quantitative estimate of drug-likeness (QED) is 0.763. The number of carbonyl (C=O) groups is 1. The monoisotopic (exact) mass is 272 g/mol. The zero-order valence-corrected chi connectivity index (χ0v) is 11.8. The summed E-state index contributed by atoms with van der Waals surface area (Å²) in [7, 11) is 1.92. The Morgan fingerprint density at radius 1 is 1.50 bits per heavy atom. The second-order valence-corrected chi connectivity index (χ2v) is 5.11. The van der Waals surface area contributed by atoms with Gasteiger partial charge in [0, 0.05) is 18.2 Å². The van der Waals surface area contributed by atoms with E-state index in [1.165, 1.54) is 0 Å². The van der Waals surface area contributed by atoms with Gasteiger partial charge in [-0.2, -0.15) is 0 Å². The van der Waals surface area contributed by atoms with Crippen molar-refractivity contribution in [3.63, 3.8) is 0 Å². The maximum Gasteiger partial charge on any atom is 0.234 e. The van der Waals surface area contributed by atoms with Crippen molar-refractivity contribution in [1.29, 1.82) is 0 Å². The molecular formula is C16H20N2O2. The fourth-order valence-corrected chi connectivity index (χ4v) is 1.99. The predicted octanol–water partition coefficient (Wildman–Crippen LogP) is 1.41. The van der Waals surface area contributed by atoms with Crippen LogP contribution in [0, 0.1) is 12.3 Å². The van der Waals surface area contributed by atoms with Crippen molar-refractivity contribution in [2.24, 2.45) is 0 Å². The molecule has 4 nitrogen and oxygen atoms in total. The molecule has 106 valence electrons. The minimum atomic E-state index is 0.0806. The molecule has 1 N–H and O–H groups in total. The number of rotatable bonds is 7. The average Bonchev–Trinajstić information content (AvgIpc) is 3.21. The van der Waals surface area contributed by atoms with Gasteiger partial charge in [-0.05, 0) is 26.0 Å². The van der Waals surface area contributed by atoms with Crippen LogP contribution in [0.15, 0.2) is 24.3 Å². The molecule has 1 saturated carbocycles. The van der Waals surface area contributed by atoms with Gasteiger partial charge in [0.25, 0.3) is 0 Å². The SMILES string of the molecule is C#CCOc1ccccc1CN(C)CC(=O)NC1CC1. The van der Waals surface area contributed by atoms with Gasteiger partial charge < -0.3 is 10.1 Å². The average molecular weight is 272 g/mol. The summed E-state index contributed by atoms with van der Waals surface area (Å²) < 4.78 is 5.50. The number of hydrogen-bond donors (Lipinski definition) is 1. The summed E-state index contributed by atoms with van der Waals surface area (Å²) in [5.41, 5.74) is 1.03. The standard InChI is InChI=1S/C16H20N2O2/c1-3-10-20-15-7-5-4-6-13(15)11-18(2)12-16(19)17-14-8-9-14/h1,4-7,14H,8-12H2,2H3,(H,17,19). The van der Waals surface area contributed by atoms with Gasteiger partial charge in [0.1, 0.15) is 12.4 Å². The molecule has 4 heteroatoms. The largest absolute Gasteiger partial charge is 0.481 e. The van der Waals surface area contributed by atoms with Crippen molar-refractivity contribution in [3.05, 3.63) is 29.8 Å². The number of hydrogen-bond acceptors (Lipinski definition) is 3. The minimum Gasteiger partial charge on any atom is -0.481 e. The van der Waals surface area contributed by atoms with Crippen LogP contribution in [-0.2, 0) is 11.3 Å². The molecule has 1 amide bonds. The molecule has 1 aliphatic carbocycles. The fraction of sp³-hybridized carbons (Fsp3) is 0.438. The molecule has 20 heavy (non-hydrogen) atoms. The normalized spacial score (nSPS) is 13.8. The van der Waals surface area contributed by atoms with E-state index < -0.39 is 0 Å². The molecule has 0 heterocycles. The summed E-state index contributed by atoms with van der Waals surface area (Å²) >= 11 is 0. The van der Waals surface area contributed by atoms with E-state index in [0.717, 1.165) is 24.2 Å². The van der Waals surface area contributed by atoms with Crippen LogP contribution in [0.2, 0.25) is 0 Å². The van der Waals surface area contributed by atoms with Gasteiger partial charge in [0.05, 0.1) is 6.54 Å². The summed E-state index contributed by atoms with van der Waals surface area (Å²) in [6.45, 7) is 1.29. The smallest absolute Gasteiger partial charge is 0.234 e. The lowest BCUT2D eigenvalue weighted by atomic mass is 10.2. The molecule has 0 atom stereocenters. The first-order chi connectivity index (χ1) is 9.69. The van der Waals surface area contributed by atoms with Crippen molar-refractivity contribution in [1.82, 2.24) is 10.2 Å². The Morgan fingerprint density at radius 2 is 2.25 bits per heavy atom. The molecule has 0 aromatic heterocycles. The topological polar surface area (TPSA) is 41.6 Å². The van der Waals surface area contributed by atoms with E-state index in [2.05, 4.69) is 11.2 Å². The van der Waals surface area contributed by atoms with Gasteiger partial charge >= 0.3 is 0 Å². The predicted molar refractivity (Wildman–Crippen MR) is 78.3 cm³/mol. The van der Waals surface area contributed by atoms with E-state index >= 15 is 0 Å². The molecule has 1 aliphatic rings. The van der Waals surface area contributed by atoms with Crippen LogP contribution >= 0.6 is 0 Å². The second-order valence-electron chi connectivity index (χ2n) is 5.11. The highest BCUT2D eigenvalue weighted by atomic mass is 16.5. The third-order valence-electron chi connectivity index (χ3n) is 3.08. The van der Waals surface area contributed by atoms with Crippen LogP contribution in [-0.4, -0.2) is 37.0 Å². The van der Waals surface area contributed by atoms with Gasteiger partial charge in [0.2, 0.25) is 5.91 Å². The zero-order chi connectivity index (χ0) is 14.4. The molecule has 1 aromatic rings. The van der Waals surface area contributed by atoms with E-state index in [0.29, 0.717) is 19.1 Å². The highest BCUT2D eigenvalue weighted by molar-refractivity contribution is 5.78. The Kier molecular flexibility index (Phi) is 5.03. The molecule has 0 aliphatic heterocycles. The molecule has 2 rings (SSSR count). The third-order valence-corrected chi connectivity index (χ3v) is 3.08. The zero-order valence-electron chi connectivity index (χ0n) is 11.8. The van der Waals surface area contributed by atoms with Crippen molar-refractivity contribution in [3.8, 4) is 18.1 Å². The Labute approximate surface area is 120 Å². The third kappa shape index (κ3) is 4.60. The van der Waals surface area contributed by atoms with Crippen molar-refractivity contribution < 1.29 is 9.53 Å². The van der Waals surface area contributed by atoms with Crippen molar-refractivity contribution in [2.75, 3.05) is 20.2 Å². The lowest BCUT2D eigenvalue weighted by Crippen LogP contribution is -2.36. The van der Waals surface area contributed by atoms with Gasteiger partial charge in [-0.1, -0.05) is 24.1 Å². The molecule has 0 spiro atoms. The van der Waals surface area contributed by atoms with Gasteiger partial charge in [-0.3, -0.25) is 9.69 Å². The number of para-hydroxylation sites is 1. The summed E-state index contributed by atoms with van der Waals surface area (Å²) in [5.74, 6) is 3.32. The molecule has 0 bridgehead atoms. The van der Waals surface area contributed by atoms with Crippen LogP contribution in [0.4, 0.5) is 0 Å². The summed E-state index contributed by atoms with van der Waals surface area (Å²) in [4.78, 5) is 13.7. The first-order valence-electron chi connectivity index (χ1n) is 6.81. The van der Waals surface area contributed by atoms with E-state index in [4.69, 9.17) is 11.2 Å². The summed E-state index contributed by atoms with van der Waals surface area (Å²) in [6.07, 6.45) is 7.43. The summed E-state index contributed by atoms with van der Waals surface area (Å²) in [5, 5.41) is 2.98. The van der Waals surface area contributed by atoms with Gasteiger partial charge in [-0.25, -0.2) is 0 Å². The van der Waals surface area contributed by atoms with E-state index in [1.54, 1.807) is 0 Å². The molecule has 0 radical (unpaired) electrons. The number of nitrogens with one attached hydrogen (secondary N) is 1. The molecular weight excluding hydrogens is 252 g/mol. The Hall–Kier alpha value is -1.99. The van der Waals surface area contributed by atoms with Crippen molar-refractivity contribution >= 4 is 5.91 Å². The lowest BCUT2D eigenvalue weighted by molar-refractivity contribution is -0.122. The molecule has 0 unspecified atom stereocenters. The van der Waals surface area contributed by atoms with E-state index in [1.807, 2.05) is 36.2 Å². The van der Waals surface area contributed by atoms with Crippen LogP contribution < -0.4 is 10.1 Å². The lowest BCUT2D eigenvalue weighted by Gasteiger charge is -2.18. The molecule has 1 fully saturated rings. The first-order valence-corrected chi connectivity index (χ1v) is 6.81. The molecule has 0 saturated heterocycles. The number of amides is 1. The number of likely N-dealkylation sites (N-methyl/N-ethyl adjacent to an activating group) is 1. The first kappa shape index (κ1) is 14.4. The molecule has 1 aromatic carbocycles. The van der Waals surface area contributed by atoms with E-state index in [9.17, 15) is 4.79 Å². The number of benzene rings is 1. The van der Waals surface area contributed by atoms with Crippen LogP contribution in [0.5, 0.6) is 5.75 Å². The Morgan fingerprint density at radius 3 is 2.95 bits per heavy atom. The highest BCUT2D eigenvalue weighted by Gasteiger charge is 2.23. The Balaban J connectivity index is 1.87. The number of ether oxygens (including phenoxy) is 1. The highest BCUT2D eigenvalue weighted by Crippen LogP contribution is 2.20. The van der Waals surface area contributed by atoms with E-state index in [-0.39, 0.29) is 12.5 Å². The number of nitrogens with zero attached hydrogens (tertiary/aromatic N) is 1. The van der Waals surface area contributed by atoms with Crippen LogP contribution in [0.3, 0.4) is 0 Å². The number of carbonyl (C=O) groups excluding carboxylic acids is 1. The second kappa shape index (κ2) is 6.97. The number of terminal acetylenes is 1. The van der Waals surface area contributed by atoms with Crippen LogP contribution in [0.25, 0.3) is 0 Å². The maximum absolute atomic E-state index is 11.7.